The van der Waals surface area contributed by atoms with Gasteiger partial charge in [0.2, 0.25) is 10.0 Å². The van der Waals surface area contributed by atoms with E-state index >= 15 is 0 Å². The molecule has 2 rings (SSSR count). The summed E-state index contributed by atoms with van der Waals surface area (Å²) >= 11 is 1.59. The number of thiophene rings is 1. The molecule has 114 valence electrons. The number of aliphatic hydroxyl groups is 1. The number of hydrogen-bond donors (Lipinski definition) is 2. The highest BCUT2D eigenvalue weighted by molar-refractivity contribution is 7.89. The number of aliphatic hydroxyl groups excluding tert-OH is 1. The van der Waals surface area contributed by atoms with Gasteiger partial charge in [0.05, 0.1) is 11.5 Å². The lowest BCUT2D eigenvalue weighted by Crippen LogP contribution is -2.25. The van der Waals surface area contributed by atoms with Crippen molar-refractivity contribution in [1.29, 1.82) is 0 Å². The molecule has 0 unspecified atom stereocenters. The first-order chi connectivity index (χ1) is 10.1. The molecule has 2 aromatic rings. The van der Waals surface area contributed by atoms with Crippen LogP contribution in [-0.4, -0.2) is 33.3 Å². The highest BCUT2D eigenvalue weighted by Crippen LogP contribution is 2.16. The first kappa shape index (κ1) is 16.0. The van der Waals surface area contributed by atoms with Crippen LogP contribution in [0.25, 0.3) is 0 Å². The fraction of sp³-hybridized carbons (Fsp3) is 0.286. The Morgan fingerprint density at radius 1 is 1.19 bits per heavy atom. The quantitative estimate of drug-likeness (QED) is 0.773. The molecule has 2 N–H and O–H groups in total. The standard InChI is InChI=1S/C14H17NO4S2/c16-8-9-19-13-1-3-14(4-2-13)21(17,18)15-7-5-12-6-10-20-11-12/h1-4,6,10-11,15-16H,5,7-9H2. The van der Waals surface area contributed by atoms with E-state index < -0.39 is 10.0 Å². The van der Waals surface area contributed by atoms with Crippen LogP contribution < -0.4 is 9.46 Å². The Balaban J connectivity index is 1.92. The Labute approximate surface area is 128 Å². The molecular weight excluding hydrogens is 310 g/mol. The van der Waals surface area contributed by atoms with E-state index in [9.17, 15) is 8.42 Å². The molecule has 0 saturated carbocycles. The van der Waals surface area contributed by atoms with Crippen molar-refractivity contribution < 1.29 is 18.3 Å². The topological polar surface area (TPSA) is 75.6 Å². The van der Waals surface area contributed by atoms with E-state index in [1.165, 1.54) is 12.1 Å². The van der Waals surface area contributed by atoms with Crippen molar-refractivity contribution in [1.82, 2.24) is 4.72 Å². The van der Waals surface area contributed by atoms with Gasteiger partial charge in [-0.1, -0.05) is 0 Å². The van der Waals surface area contributed by atoms with Crippen LogP contribution in [0.5, 0.6) is 5.75 Å². The van der Waals surface area contributed by atoms with E-state index in [0.29, 0.717) is 18.7 Å². The van der Waals surface area contributed by atoms with Crippen LogP contribution in [-0.2, 0) is 16.4 Å². The largest absolute Gasteiger partial charge is 0.491 e. The molecule has 7 heteroatoms. The monoisotopic (exact) mass is 327 g/mol. The Hall–Kier alpha value is -1.41. The van der Waals surface area contributed by atoms with Crippen molar-refractivity contribution in [2.24, 2.45) is 0 Å². The lowest BCUT2D eigenvalue weighted by molar-refractivity contribution is 0.201. The van der Waals surface area contributed by atoms with Gasteiger partial charge in [-0.25, -0.2) is 13.1 Å². The van der Waals surface area contributed by atoms with Crippen LogP contribution in [0.4, 0.5) is 0 Å². The number of ether oxygens (including phenoxy) is 1. The van der Waals surface area contributed by atoms with Crippen molar-refractivity contribution in [3.8, 4) is 5.75 Å². The number of nitrogens with one attached hydrogen (secondary N) is 1. The van der Waals surface area contributed by atoms with Crippen molar-refractivity contribution in [2.75, 3.05) is 19.8 Å². The maximum absolute atomic E-state index is 12.1. The van der Waals surface area contributed by atoms with E-state index in [1.54, 1.807) is 23.5 Å². The first-order valence-corrected chi connectivity index (χ1v) is 8.89. The molecule has 0 atom stereocenters. The van der Waals surface area contributed by atoms with E-state index in [-0.39, 0.29) is 18.1 Å². The van der Waals surface area contributed by atoms with Crippen molar-refractivity contribution in [3.63, 3.8) is 0 Å². The molecule has 5 nitrogen and oxygen atoms in total. The molecular formula is C14H17NO4S2. The number of rotatable bonds is 8. The molecule has 0 aliphatic rings. The number of benzene rings is 1. The fourth-order valence-electron chi connectivity index (χ4n) is 1.73. The molecule has 1 aromatic carbocycles. The zero-order chi connectivity index (χ0) is 15.1. The van der Waals surface area contributed by atoms with Crippen LogP contribution in [0, 0.1) is 0 Å². The molecule has 1 heterocycles. The van der Waals surface area contributed by atoms with Crippen LogP contribution in [0.15, 0.2) is 46.0 Å². The molecule has 0 aliphatic heterocycles. The normalized spacial score (nSPS) is 11.5. The van der Waals surface area contributed by atoms with E-state index in [0.717, 1.165) is 5.56 Å². The summed E-state index contributed by atoms with van der Waals surface area (Å²) in [6, 6.07) is 8.09. The van der Waals surface area contributed by atoms with Gasteiger partial charge in [-0.15, -0.1) is 0 Å². The number of sulfonamides is 1. The Bertz CT molecular complexity index is 636. The minimum Gasteiger partial charge on any atom is -0.491 e. The van der Waals surface area contributed by atoms with E-state index in [4.69, 9.17) is 9.84 Å². The molecule has 0 amide bonds. The Kier molecular flexibility index (Phi) is 5.75. The summed E-state index contributed by atoms with van der Waals surface area (Å²) < 4.78 is 32.0. The van der Waals surface area contributed by atoms with Gasteiger partial charge in [0.1, 0.15) is 12.4 Å². The molecule has 0 radical (unpaired) electrons. The first-order valence-electron chi connectivity index (χ1n) is 6.46. The predicted octanol–water partition coefficient (Wildman–Crippen LogP) is 1.64. The maximum atomic E-state index is 12.1. The smallest absolute Gasteiger partial charge is 0.240 e. The van der Waals surface area contributed by atoms with Gasteiger partial charge in [-0.2, -0.15) is 11.3 Å². The van der Waals surface area contributed by atoms with Gasteiger partial charge in [0, 0.05) is 6.54 Å². The highest BCUT2D eigenvalue weighted by Gasteiger charge is 2.13. The van der Waals surface area contributed by atoms with Gasteiger partial charge < -0.3 is 9.84 Å². The molecule has 1 aromatic heterocycles. The second-order valence-electron chi connectivity index (χ2n) is 4.32. The third-order valence-corrected chi connectivity index (χ3v) is 4.99. The zero-order valence-electron chi connectivity index (χ0n) is 11.4. The maximum Gasteiger partial charge on any atom is 0.240 e. The van der Waals surface area contributed by atoms with Crippen LogP contribution in [0.1, 0.15) is 5.56 Å². The van der Waals surface area contributed by atoms with Crippen molar-refractivity contribution >= 4 is 21.4 Å². The highest BCUT2D eigenvalue weighted by atomic mass is 32.2. The Morgan fingerprint density at radius 2 is 1.95 bits per heavy atom. The lowest BCUT2D eigenvalue weighted by atomic mass is 10.2. The van der Waals surface area contributed by atoms with Gasteiger partial charge >= 0.3 is 0 Å². The van der Waals surface area contributed by atoms with Gasteiger partial charge in [-0.05, 0) is 53.1 Å². The minimum atomic E-state index is -3.50. The third-order valence-electron chi connectivity index (χ3n) is 2.78. The second-order valence-corrected chi connectivity index (χ2v) is 6.87. The average molecular weight is 327 g/mol. The second kappa shape index (κ2) is 7.56. The molecule has 0 saturated heterocycles. The summed E-state index contributed by atoms with van der Waals surface area (Å²) in [5.74, 6) is 0.529. The summed E-state index contributed by atoms with van der Waals surface area (Å²) in [5.41, 5.74) is 1.12. The minimum absolute atomic E-state index is 0.0792. The summed E-state index contributed by atoms with van der Waals surface area (Å²) in [7, 11) is -3.50. The van der Waals surface area contributed by atoms with Gasteiger partial charge in [0.25, 0.3) is 0 Å². The van der Waals surface area contributed by atoms with E-state index in [1.807, 2.05) is 16.8 Å². The van der Waals surface area contributed by atoms with Crippen LogP contribution in [0.3, 0.4) is 0 Å². The molecule has 0 bridgehead atoms. The van der Waals surface area contributed by atoms with Gasteiger partial charge in [-0.3, -0.25) is 0 Å². The zero-order valence-corrected chi connectivity index (χ0v) is 13.0. The van der Waals surface area contributed by atoms with Crippen molar-refractivity contribution in [3.05, 3.63) is 46.7 Å². The Morgan fingerprint density at radius 3 is 2.57 bits per heavy atom. The molecule has 0 spiro atoms. The number of hydrogen-bond acceptors (Lipinski definition) is 5. The summed E-state index contributed by atoms with van der Waals surface area (Å²) in [5, 5.41) is 12.6. The van der Waals surface area contributed by atoms with Crippen molar-refractivity contribution in [2.45, 2.75) is 11.3 Å². The third kappa shape index (κ3) is 4.82. The molecule has 21 heavy (non-hydrogen) atoms. The summed E-state index contributed by atoms with van der Waals surface area (Å²) in [4.78, 5) is 0.198. The SMILES string of the molecule is O=S(=O)(NCCc1ccsc1)c1ccc(OCCO)cc1. The van der Waals surface area contributed by atoms with Crippen LogP contribution >= 0.6 is 11.3 Å². The van der Waals surface area contributed by atoms with Gasteiger partial charge in [0.15, 0.2) is 0 Å². The summed E-state index contributed by atoms with van der Waals surface area (Å²) in [6.07, 6.45) is 0.667. The fourth-order valence-corrected chi connectivity index (χ4v) is 3.46. The summed E-state index contributed by atoms with van der Waals surface area (Å²) in [6.45, 7) is 0.469. The van der Waals surface area contributed by atoms with Crippen LogP contribution in [0.2, 0.25) is 0 Å². The lowest BCUT2D eigenvalue weighted by Gasteiger charge is -2.08. The average Bonchev–Trinajstić information content (AvgIpc) is 2.98. The molecule has 0 aliphatic carbocycles. The molecule has 0 fully saturated rings. The van der Waals surface area contributed by atoms with E-state index in [2.05, 4.69) is 4.72 Å². The predicted molar refractivity (Wildman–Crippen MR) is 82.2 cm³/mol.